The summed E-state index contributed by atoms with van der Waals surface area (Å²) in [7, 11) is 0. The number of ether oxygens (including phenoxy) is 8. The van der Waals surface area contributed by atoms with E-state index in [0.29, 0.717) is 139 Å². The van der Waals surface area contributed by atoms with Crippen LogP contribution in [0, 0.1) is 0 Å². The van der Waals surface area contributed by atoms with Crippen LogP contribution in [0.4, 0.5) is 64.7 Å². The number of carbonyl (C=O) groups is 8. The number of benzene rings is 8. The monoisotopic (exact) mass is 1530 g/mol. The molecule has 592 valence electrons. The first-order valence-electron chi connectivity index (χ1n) is 37.8. The smallest absolute Gasteiger partial charge is 0.412 e. The molecule has 0 heterocycles. The lowest BCUT2D eigenvalue weighted by Gasteiger charge is -2.24. The van der Waals surface area contributed by atoms with Crippen LogP contribution in [-0.2, 0) is 44.6 Å². The maximum Gasteiger partial charge on any atom is 0.412 e. The molecule has 8 aromatic carbocycles. The van der Waals surface area contributed by atoms with Gasteiger partial charge in [0.1, 0.15) is 45.4 Å². The van der Waals surface area contributed by atoms with Crippen molar-refractivity contribution >= 4 is 93.5 Å². The molecule has 0 atom stereocenters. The minimum atomic E-state index is -0.748. The lowest BCUT2D eigenvalue weighted by atomic mass is 9.88. The first kappa shape index (κ1) is 83.9. The van der Waals surface area contributed by atoms with Crippen LogP contribution in [0.3, 0.4) is 0 Å². The van der Waals surface area contributed by atoms with Gasteiger partial charge in [0.2, 0.25) is 0 Å². The summed E-state index contributed by atoms with van der Waals surface area (Å²) in [6.07, 6.45) is -0.326. The van der Waals surface area contributed by atoms with Crippen molar-refractivity contribution in [3.05, 3.63) is 212 Å². The third-order valence-corrected chi connectivity index (χ3v) is 16.5. The molecule has 9 rings (SSSR count). The van der Waals surface area contributed by atoms with E-state index in [1.807, 2.05) is 27.7 Å². The molecule has 0 saturated carbocycles. The van der Waals surface area contributed by atoms with Crippen LogP contribution in [0.2, 0.25) is 0 Å². The third kappa shape index (κ3) is 25.0. The Morgan fingerprint density at radius 2 is 0.393 bits per heavy atom. The molecule has 24 nitrogen and oxygen atoms in total. The molecule has 0 aliphatic heterocycles. The number of fused-ring (bicyclic) bond motifs is 8. The number of nitrogens with one attached hydrogen (secondary N) is 8. The lowest BCUT2D eigenvalue weighted by Crippen LogP contribution is -2.27. The average molecular weight is 1530 g/mol. The molecule has 1 aliphatic carbocycles. The van der Waals surface area contributed by atoms with Gasteiger partial charge in [-0.2, -0.15) is 0 Å². The molecule has 112 heavy (non-hydrogen) atoms. The first-order valence-corrected chi connectivity index (χ1v) is 37.8. The van der Waals surface area contributed by atoms with Crippen LogP contribution in [0.25, 0.3) is 0 Å². The summed E-state index contributed by atoms with van der Waals surface area (Å²) in [5.41, 5.74) is 5.34. The second-order valence-corrected chi connectivity index (χ2v) is 31.2. The molecule has 8 aromatic rings. The standard InChI is InChI=1S/C88H104N8O16/c1-17-37-105-73-53-41-55-47-62(78(98)90-66-23-31-70(32-24-66)94-82(102)110-86(8,9)10)49-57(74(55)106-38-18-2)43-59-51-64(80(100)92-68-27-35-72(36-28-68)96-84(104)112-88(14,15)16)52-60(76(59)108-40-20-4)44-58-50-63(79(99)91-67-25-33-71(34-26-67)95-83(103)111-87(11,12)13)48-56(75(58)107-39-19-3)42-54(73)46-61(45-53)77(97)89-65-21-29-69(30-22-65)93-81(101)109-85(5,6)7/h21-36,45-52H,17-20,37-44H2,1-16H3,(H,89,97)(H,90,98)(H,91,99)(H,92,100)(H,93,101)(H,94,102)(H,95,103)(H,96,104). The Balaban J connectivity index is 1.28. The highest BCUT2D eigenvalue weighted by Gasteiger charge is 2.30. The summed E-state index contributed by atoms with van der Waals surface area (Å²) in [6.45, 7) is 30.0. The molecular formula is C88H104N8O16. The molecule has 8 bridgehead atoms. The molecule has 0 saturated heterocycles. The molecule has 1 aliphatic rings. The Hall–Kier alpha value is -12.1. The van der Waals surface area contributed by atoms with Crippen molar-refractivity contribution in [2.75, 3.05) is 69.0 Å². The fourth-order valence-corrected chi connectivity index (χ4v) is 12.0. The number of hydrogen-bond acceptors (Lipinski definition) is 16. The molecule has 8 amide bonds. The van der Waals surface area contributed by atoms with Crippen LogP contribution < -0.4 is 61.5 Å². The maximum absolute atomic E-state index is 15.3. The van der Waals surface area contributed by atoms with E-state index in [4.69, 9.17) is 37.9 Å². The zero-order chi connectivity index (χ0) is 81.2. The third-order valence-electron chi connectivity index (χ3n) is 16.5. The SMILES string of the molecule is CCCOc1c2cc(C(=O)Nc3ccc(NC(=O)OC(C)(C)C)cc3)cc1Cc1cc(C(=O)Nc3ccc(NC(=O)OC(C)(C)C)cc3)cc(c1OCCC)Cc1cc(C(=O)Nc3ccc(NC(=O)OC(C)(C)C)cc3)cc(c1OCCC)Cc1cc(C(=O)Nc3ccc(NC(=O)OC(C)(C)C)cc3)cc(c1OCCC)C2. The number of amides is 8. The second-order valence-electron chi connectivity index (χ2n) is 31.2. The van der Waals surface area contributed by atoms with Gasteiger partial charge < -0.3 is 59.2 Å². The minimum Gasteiger partial charge on any atom is -0.493 e. The maximum atomic E-state index is 15.3. The second kappa shape index (κ2) is 37.1. The Bertz CT molecular complexity index is 4030. The number of hydrogen-bond donors (Lipinski definition) is 8. The van der Waals surface area contributed by atoms with Gasteiger partial charge in [0.05, 0.1) is 26.4 Å². The van der Waals surface area contributed by atoms with Gasteiger partial charge in [-0.15, -0.1) is 0 Å². The summed E-state index contributed by atoms with van der Waals surface area (Å²) in [4.78, 5) is 112. The molecule has 0 aromatic heterocycles. The topological polar surface area (TPSA) is 307 Å². The van der Waals surface area contributed by atoms with Crippen LogP contribution in [0.15, 0.2) is 146 Å². The van der Waals surface area contributed by atoms with Gasteiger partial charge >= 0.3 is 24.4 Å². The van der Waals surface area contributed by atoms with Gasteiger partial charge in [0.25, 0.3) is 23.6 Å². The van der Waals surface area contributed by atoms with E-state index in [1.165, 1.54) is 0 Å². The zero-order valence-corrected chi connectivity index (χ0v) is 66.9. The Morgan fingerprint density at radius 1 is 0.250 bits per heavy atom. The van der Waals surface area contributed by atoms with E-state index in [9.17, 15) is 19.2 Å². The van der Waals surface area contributed by atoms with Crippen molar-refractivity contribution in [3.8, 4) is 23.0 Å². The predicted octanol–water partition coefficient (Wildman–Crippen LogP) is 19.9. The van der Waals surface area contributed by atoms with E-state index in [2.05, 4.69) is 42.5 Å². The van der Waals surface area contributed by atoms with Gasteiger partial charge in [-0.1, -0.05) is 27.7 Å². The van der Waals surface area contributed by atoms with Crippen LogP contribution in [-0.4, -0.2) is 96.8 Å². The van der Waals surface area contributed by atoms with Gasteiger partial charge in [-0.05, 0) is 299 Å². The Morgan fingerprint density at radius 3 is 0.527 bits per heavy atom. The highest BCUT2D eigenvalue weighted by atomic mass is 16.6. The van der Waals surface area contributed by atoms with Crippen molar-refractivity contribution in [2.24, 2.45) is 0 Å². The van der Waals surface area contributed by atoms with Crippen molar-refractivity contribution in [1.82, 2.24) is 0 Å². The zero-order valence-electron chi connectivity index (χ0n) is 66.9. The summed E-state index contributed by atoms with van der Waals surface area (Å²) in [6, 6.07) is 40.4. The quantitative estimate of drug-likeness (QED) is 0.0261. The number of carbonyl (C=O) groups excluding carboxylic acids is 8. The van der Waals surface area contributed by atoms with E-state index in [-0.39, 0.29) is 74.4 Å². The highest BCUT2D eigenvalue weighted by molar-refractivity contribution is 6.08. The van der Waals surface area contributed by atoms with E-state index in [1.54, 1.807) is 229 Å². The van der Waals surface area contributed by atoms with E-state index in [0.717, 1.165) is 0 Å². The van der Waals surface area contributed by atoms with Crippen LogP contribution in [0.1, 0.15) is 222 Å². The summed E-state index contributed by atoms with van der Waals surface area (Å²) < 4.78 is 49.7. The van der Waals surface area contributed by atoms with Gasteiger partial charge in [-0.25, -0.2) is 19.2 Å². The molecule has 0 radical (unpaired) electrons. The largest absolute Gasteiger partial charge is 0.493 e. The molecule has 0 spiro atoms. The normalized spacial score (nSPS) is 12.0. The molecule has 24 heteroatoms. The number of anilines is 8. The molecule has 0 unspecified atom stereocenters. The van der Waals surface area contributed by atoms with Crippen LogP contribution >= 0.6 is 0 Å². The van der Waals surface area contributed by atoms with Gasteiger partial charge in [0, 0.05) is 93.4 Å². The van der Waals surface area contributed by atoms with E-state index >= 15 is 19.2 Å². The number of rotatable bonds is 24. The van der Waals surface area contributed by atoms with Crippen LogP contribution in [0.5, 0.6) is 23.0 Å². The summed E-state index contributed by atoms with van der Waals surface area (Å²) in [5.74, 6) is -0.359. The summed E-state index contributed by atoms with van der Waals surface area (Å²) >= 11 is 0. The highest BCUT2D eigenvalue weighted by Crippen LogP contribution is 2.42. The molecule has 0 fully saturated rings. The lowest BCUT2D eigenvalue weighted by molar-refractivity contribution is 0.0624. The fourth-order valence-electron chi connectivity index (χ4n) is 12.0. The fraction of sp³-hybridized carbons (Fsp3) is 0.364. The Kier molecular flexibility index (Phi) is 27.8. The average Bonchev–Trinajstić information content (AvgIpc) is 0.759. The van der Waals surface area contributed by atoms with Crippen molar-refractivity contribution in [2.45, 2.75) is 185 Å². The van der Waals surface area contributed by atoms with E-state index < -0.39 is 70.4 Å². The predicted molar refractivity (Wildman–Crippen MR) is 437 cm³/mol. The molecule has 8 N–H and O–H groups in total. The van der Waals surface area contributed by atoms with Crippen molar-refractivity contribution < 1.29 is 76.3 Å². The first-order chi connectivity index (χ1) is 53.0. The Labute approximate surface area is 655 Å². The summed E-state index contributed by atoms with van der Waals surface area (Å²) in [5, 5.41) is 23.2. The van der Waals surface area contributed by atoms with Crippen molar-refractivity contribution in [3.63, 3.8) is 0 Å². The molecular weight excluding hydrogens is 1430 g/mol. The van der Waals surface area contributed by atoms with Crippen molar-refractivity contribution in [1.29, 1.82) is 0 Å². The minimum absolute atomic E-state index is 0.00561. The van der Waals surface area contributed by atoms with Gasteiger partial charge in [-0.3, -0.25) is 40.4 Å². The van der Waals surface area contributed by atoms with Gasteiger partial charge in [0.15, 0.2) is 0 Å².